The van der Waals surface area contributed by atoms with Crippen LogP contribution in [0.4, 0.5) is 0 Å². The van der Waals surface area contributed by atoms with Crippen LogP contribution in [0.15, 0.2) is 60.8 Å². The number of hydrogen-bond donors (Lipinski definition) is 0. The Morgan fingerprint density at radius 1 is 1.00 bits per heavy atom. The molecule has 3 aromatic rings. The van der Waals surface area contributed by atoms with Crippen molar-refractivity contribution in [1.82, 2.24) is 19.6 Å². The van der Waals surface area contributed by atoms with Crippen molar-refractivity contribution in [3.8, 4) is 5.75 Å². The van der Waals surface area contributed by atoms with E-state index in [1.165, 1.54) is 11.1 Å². The Morgan fingerprint density at radius 3 is 2.34 bits per heavy atom. The molecule has 4 rings (SSSR count). The van der Waals surface area contributed by atoms with E-state index in [4.69, 9.17) is 16.3 Å². The first-order valence-electron chi connectivity index (χ1n) is 11.0. The van der Waals surface area contributed by atoms with Gasteiger partial charge < -0.3 is 9.64 Å². The van der Waals surface area contributed by atoms with Crippen molar-refractivity contribution in [3.63, 3.8) is 0 Å². The van der Waals surface area contributed by atoms with E-state index >= 15 is 0 Å². The Labute approximate surface area is 194 Å². The molecule has 0 spiro atoms. The van der Waals surface area contributed by atoms with Crippen LogP contribution in [0.2, 0.25) is 5.02 Å². The zero-order valence-electron chi connectivity index (χ0n) is 18.6. The van der Waals surface area contributed by atoms with Crippen LogP contribution in [0.1, 0.15) is 41.4 Å². The Morgan fingerprint density at radius 2 is 1.69 bits per heavy atom. The lowest BCUT2D eigenvalue weighted by Crippen LogP contribution is -2.48. The first kappa shape index (κ1) is 22.4. The van der Waals surface area contributed by atoms with E-state index in [0.717, 1.165) is 30.4 Å². The minimum Gasteiger partial charge on any atom is -0.471 e. The molecule has 1 fully saturated rings. The molecule has 0 radical (unpaired) electrons. The van der Waals surface area contributed by atoms with Crippen LogP contribution in [0.25, 0.3) is 0 Å². The van der Waals surface area contributed by atoms with Gasteiger partial charge in [0.15, 0.2) is 12.4 Å². The Balaban J connectivity index is 1.26. The third kappa shape index (κ3) is 5.69. The van der Waals surface area contributed by atoms with Crippen molar-refractivity contribution in [3.05, 3.63) is 82.6 Å². The number of halogens is 1. The molecule has 0 N–H and O–H groups in total. The summed E-state index contributed by atoms with van der Waals surface area (Å²) in [7, 11) is 0. The van der Waals surface area contributed by atoms with Crippen molar-refractivity contribution in [2.75, 3.05) is 26.2 Å². The Hall–Kier alpha value is -2.83. The first-order valence-corrected chi connectivity index (χ1v) is 11.4. The van der Waals surface area contributed by atoms with Gasteiger partial charge in [-0.25, -0.2) is 4.68 Å². The maximum absolute atomic E-state index is 12.9. The summed E-state index contributed by atoms with van der Waals surface area (Å²) >= 11 is 5.96. The molecule has 32 heavy (non-hydrogen) atoms. The van der Waals surface area contributed by atoms with E-state index in [9.17, 15) is 4.79 Å². The molecular formula is C25H29ClN4O2. The molecule has 1 aromatic heterocycles. The SMILES string of the molecule is CC(C)c1ccc(OCn2ccc(C(=O)N3CCN(Cc4ccc(Cl)cc4)CC3)n2)cc1. The van der Waals surface area contributed by atoms with Crippen LogP contribution in [-0.4, -0.2) is 51.7 Å². The average Bonchev–Trinajstić information content (AvgIpc) is 3.29. The van der Waals surface area contributed by atoms with Crippen LogP contribution in [0.3, 0.4) is 0 Å². The summed E-state index contributed by atoms with van der Waals surface area (Å²) in [6.07, 6.45) is 1.78. The number of benzene rings is 2. The fourth-order valence-electron chi connectivity index (χ4n) is 3.76. The second-order valence-electron chi connectivity index (χ2n) is 8.43. The van der Waals surface area contributed by atoms with Crippen molar-refractivity contribution >= 4 is 17.5 Å². The first-order chi connectivity index (χ1) is 15.5. The molecule has 7 heteroatoms. The van der Waals surface area contributed by atoms with E-state index in [1.54, 1.807) is 16.9 Å². The summed E-state index contributed by atoms with van der Waals surface area (Å²) in [6.45, 7) is 8.52. The fourth-order valence-corrected chi connectivity index (χ4v) is 3.88. The van der Waals surface area contributed by atoms with Crippen molar-refractivity contribution in [2.24, 2.45) is 0 Å². The number of carbonyl (C=O) groups excluding carboxylic acids is 1. The maximum atomic E-state index is 12.9. The molecule has 0 unspecified atom stereocenters. The van der Waals surface area contributed by atoms with E-state index in [0.29, 0.717) is 24.7 Å². The highest BCUT2D eigenvalue weighted by Gasteiger charge is 2.23. The molecule has 0 atom stereocenters. The highest BCUT2D eigenvalue weighted by molar-refractivity contribution is 6.30. The lowest BCUT2D eigenvalue weighted by Gasteiger charge is -2.34. The quantitative estimate of drug-likeness (QED) is 0.523. The topological polar surface area (TPSA) is 50.6 Å². The third-order valence-electron chi connectivity index (χ3n) is 5.75. The van der Waals surface area contributed by atoms with Crippen molar-refractivity contribution in [2.45, 2.75) is 33.0 Å². The molecule has 1 aliphatic heterocycles. The number of carbonyl (C=O) groups is 1. The lowest BCUT2D eigenvalue weighted by atomic mass is 10.0. The summed E-state index contributed by atoms with van der Waals surface area (Å²) < 4.78 is 7.46. The zero-order valence-corrected chi connectivity index (χ0v) is 19.3. The Kier molecular flexibility index (Phi) is 7.12. The molecule has 0 aliphatic carbocycles. The van der Waals surface area contributed by atoms with Gasteiger partial charge in [-0.15, -0.1) is 0 Å². The highest BCUT2D eigenvalue weighted by atomic mass is 35.5. The predicted octanol–water partition coefficient (Wildman–Crippen LogP) is 4.65. The molecular weight excluding hydrogens is 424 g/mol. The number of rotatable bonds is 7. The molecule has 168 valence electrons. The van der Waals surface area contributed by atoms with E-state index < -0.39 is 0 Å². The molecule has 2 aromatic carbocycles. The second kappa shape index (κ2) is 10.2. The summed E-state index contributed by atoms with van der Waals surface area (Å²) in [4.78, 5) is 17.1. The standard InChI is InChI=1S/C25H29ClN4O2/c1-19(2)21-5-9-23(10-6-21)32-18-30-12-11-24(27-30)25(31)29-15-13-28(14-16-29)17-20-3-7-22(26)8-4-20/h3-12,19H,13-18H2,1-2H3. The van der Waals surface area contributed by atoms with Gasteiger partial charge in [0, 0.05) is 43.9 Å². The summed E-state index contributed by atoms with van der Waals surface area (Å²) in [6, 6.07) is 17.8. The number of hydrogen-bond acceptors (Lipinski definition) is 4. The summed E-state index contributed by atoms with van der Waals surface area (Å²) in [5.41, 5.74) is 2.96. The number of nitrogens with zero attached hydrogens (tertiary/aromatic N) is 4. The van der Waals surface area contributed by atoms with Crippen LogP contribution in [0, 0.1) is 0 Å². The van der Waals surface area contributed by atoms with Gasteiger partial charge in [-0.2, -0.15) is 5.10 Å². The number of aromatic nitrogens is 2. The van der Waals surface area contributed by atoms with Gasteiger partial charge in [0.25, 0.3) is 5.91 Å². The maximum Gasteiger partial charge on any atom is 0.274 e. The monoisotopic (exact) mass is 452 g/mol. The van der Waals surface area contributed by atoms with Crippen LogP contribution in [0.5, 0.6) is 5.75 Å². The van der Waals surface area contributed by atoms with Gasteiger partial charge in [-0.1, -0.05) is 49.7 Å². The van der Waals surface area contributed by atoms with Crippen molar-refractivity contribution < 1.29 is 9.53 Å². The molecule has 1 aliphatic rings. The summed E-state index contributed by atoms with van der Waals surface area (Å²) in [5, 5.41) is 5.16. The van der Waals surface area contributed by atoms with E-state index in [2.05, 4.69) is 36.0 Å². The van der Waals surface area contributed by atoms with Crippen molar-refractivity contribution in [1.29, 1.82) is 0 Å². The second-order valence-corrected chi connectivity index (χ2v) is 8.87. The van der Waals surface area contributed by atoms with Gasteiger partial charge in [0.2, 0.25) is 0 Å². The van der Waals surface area contributed by atoms with E-state index in [-0.39, 0.29) is 12.6 Å². The Bertz CT molecular complexity index is 1020. The van der Waals surface area contributed by atoms with Crippen LogP contribution >= 0.6 is 11.6 Å². The van der Waals surface area contributed by atoms with Gasteiger partial charge >= 0.3 is 0 Å². The van der Waals surface area contributed by atoms with E-state index in [1.807, 2.05) is 41.3 Å². The predicted molar refractivity (Wildman–Crippen MR) is 126 cm³/mol. The van der Waals surface area contributed by atoms with Crippen LogP contribution in [-0.2, 0) is 13.3 Å². The highest BCUT2D eigenvalue weighted by Crippen LogP contribution is 2.19. The molecule has 0 bridgehead atoms. The smallest absolute Gasteiger partial charge is 0.274 e. The molecule has 2 heterocycles. The number of ether oxygens (including phenoxy) is 1. The fraction of sp³-hybridized carbons (Fsp3) is 0.360. The largest absolute Gasteiger partial charge is 0.471 e. The molecule has 0 saturated carbocycles. The van der Waals surface area contributed by atoms with Crippen LogP contribution < -0.4 is 4.74 Å². The average molecular weight is 453 g/mol. The van der Waals surface area contributed by atoms with Gasteiger partial charge in [-0.3, -0.25) is 9.69 Å². The van der Waals surface area contributed by atoms with Gasteiger partial charge in [-0.05, 0) is 47.4 Å². The normalized spacial score (nSPS) is 14.7. The number of piperazine rings is 1. The zero-order chi connectivity index (χ0) is 22.5. The van der Waals surface area contributed by atoms with Gasteiger partial charge in [0.1, 0.15) is 5.75 Å². The minimum atomic E-state index is -0.0313. The lowest BCUT2D eigenvalue weighted by molar-refractivity contribution is 0.0621. The third-order valence-corrected chi connectivity index (χ3v) is 6.00. The summed E-state index contributed by atoms with van der Waals surface area (Å²) in [5.74, 6) is 1.24. The molecule has 6 nitrogen and oxygen atoms in total. The molecule has 1 amide bonds. The van der Waals surface area contributed by atoms with Gasteiger partial charge in [0.05, 0.1) is 0 Å². The number of amides is 1. The minimum absolute atomic E-state index is 0.0313. The molecule has 1 saturated heterocycles.